The molecule has 1 aromatic heterocycles. The smallest absolute Gasteiger partial charge is 0.242 e. The molecule has 0 aliphatic heterocycles. The van der Waals surface area contributed by atoms with Crippen LogP contribution in [0.5, 0.6) is 0 Å². The quantitative estimate of drug-likeness (QED) is 0.385. The van der Waals surface area contributed by atoms with Crippen LogP contribution in [0.4, 0.5) is 0 Å². The van der Waals surface area contributed by atoms with Crippen molar-refractivity contribution < 1.29 is 13.2 Å². The summed E-state index contributed by atoms with van der Waals surface area (Å²) < 4.78 is 28.2. The van der Waals surface area contributed by atoms with Crippen LogP contribution in [0.15, 0.2) is 40.4 Å². The summed E-state index contributed by atoms with van der Waals surface area (Å²) >= 11 is 1.39. The van der Waals surface area contributed by atoms with E-state index < -0.39 is 10.0 Å². The number of hydrogen-bond acceptors (Lipinski definition) is 5. The number of aryl methyl sites for hydroxylation is 1. The Morgan fingerprint density at radius 1 is 1.27 bits per heavy atom. The van der Waals surface area contributed by atoms with Gasteiger partial charge in [-0.2, -0.15) is 0 Å². The predicted molar refractivity (Wildman–Crippen MR) is 123 cm³/mol. The minimum absolute atomic E-state index is 0.0375. The number of amides is 1. The largest absolute Gasteiger partial charge is 0.338 e. The highest BCUT2D eigenvalue weighted by molar-refractivity contribution is 7.99. The summed E-state index contributed by atoms with van der Waals surface area (Å²) in [5.74, 6) is 0.315. The third-order valence-corrected chi connectivity index (χ3v) is 7.49. The Kier molecular flexibility index (Phi) is 8.52. The fourth-order valence-electron chi connectivity index (χ4n) is 3.02. The molecule has 0 unspecified atom stereocenters. The Morgan fingerprint density at radius 3 is 2.53 bits per heavy atom. The summed E-state index contributed by atoms with van der Waals surface area (Å²) in [7, 11) is -0.511. The first-order chi connectivity index (χ1) is 14.1. The number of hydrogen-bond donors (Lipinski definition) is 0. The van der Waals surface area contributed by atoms with Crippen molar-refractivity contribution in [2.75, 3.05) is 32.9 Å². The highest BCUT2D eigenvalue weighted by Crippen LogP contribution is 2.27. The third-order valence-electron chi connectivity index (χ3n) is 4.72. The molecule has 2 rings (SSSR count). The van der Waals surface area contributed by atoms with Gasteiger partial charge in [0.25, 0.3) is 0 Å². The molecule has 1 heterocycles. The van der Waals surface area contributed by atoms with Gasteiger partial charge in [-0.05, 0) is 38.5 Å². The fraction of sp³-hybridized carbons (Fsp3) is 0.524. The monoisotopic (exact) mass is 452 g/mol. The van der Waals surface area contributed by atoms with Crippen LogP contribution in [0.2, 0.25) is 0 Å². The van der Waals surface area contributed by atoms with Gasteiger partial charge in [0, 0.05) is 33.7 Å². The lowest BCUT2D eigenvalue weighted by Crippen LogP contribution is -2.33. The maximum Gasteiger partial charge on any atom is 0.242 e. The lowest BCUT2D eigenvalue weighted by Gasteiger charge is -2.20. The molecule has 1 amide bonds. The number of aromatic nitrogens is 2. The zero-order chi connectivity index (χ0) is 22.5. The second kappa shape index (κ2) is 10.5. The van der Waals surface area contributed by atoms with Crippen molar-refractivity contribution in [1.29, 1.82) is 0 Å². The van der Waals surface area contributed by atoms with Gasteiger partial charge in [-0.25, -0.2) is 17.7 Å². The number of thioether (sulfide) groups is 1. The minimum atomic E-state index is -3.53. The van der Waals surface area contributed by atoms with E-state index in [9.17, 15) is 13.2 Å². The molecule has 0 saturated heterocycles. The number of nitrogens with zero attached hydrogens (tertiary/aromatic N) is 4. The first-order valence-corrected chi connectivity index (χ1v) is 12.5. The Morgan fingerprint density at radius 2 is 1.97 bits per heavy atom. The van der Waals surface area contributed by atoms with E-state index in [1.54, 1.807) is 23.1 Å². The molecule has 0 saturated carbocycles. The summed E-state index contributed by atoms with van der Waals surface area (Å²) in [6, 6.07) is 5.03. The highest BCUT2D eigenvalue weighted by Gasteiger charge is 2.21. The van der Waals surface area contributed by atoms with Crippen molar-refractivity contribution in [2.24, 2.45) is 0 Å². The number of imidazole rings is 1. The molecule has 0 aliphatic carbocycles. The van der Waals surface area contributed by atoms with Gasteiger partial charge >= 0.3 is 0 Å². The molecule has 30 heavy (non-hydrogen) atoms. The summed E-state index contributed by atoms with van der Waals surface area (Å²) in [4.78, 5) is 19.3. The van der Waals surface area contributed by atoms with Crippen molar-refractivity contribution in [2.45, 2.75) is 50.2 Å². The van der Waals surface area contributed by atoms with Crippen LogP contribution < -0.4 is 0 Å². The average molecular weight is 453 g/mol. The predicted octanol–water partition coefficient (Wildman–Crippen LogP) is 3.60. The van der Waals surface area contributed by atoms with Gasteiger partial charge in [0.05, 0.1) is 21.7 Å². The summed E-state index contributed by atoms with van der Waals surface area (Å²) in [6.45, 7) is 11.8. The van der Waals surface area contributed by atoms with Crippen molar-refractivity contribution in [3.05, 3.63) is 30.4 Å². The second-order valence-electron chi connectivity index (χ2n) is 7.49. The number of sulfonamides is 1. The first-order valence-electron chi connectivity index (χ1n) is 10.1. The van der Waals surface area contributed by atoms with Gasteiger partial charge in [0.1, 0.15) is 0 Å². The van der Waals surface area contributed by atoms with Crippen LogP contribution in [0.25, 0.3) is 11.0 Å². The van der Waals surface area contributed by atoms with Gasteiger partial charge in [-0.3, -0.25) is 4.79 Å². The van der Waals surface area contributed by atoms with Crippen LogP contribution in [0, 0.1) is 0 Å². The van der Waals surface area contributed by atoms with E-state index in [1.165, 1.54) is 30.2 Å². The SMILES string of the molecule is C=C(C)CN(CC)C(=O)CSc1nc2cc(S(=O)(=O)N(C)C)ccc2n1CCCC. The molecule has 1 aromatic carbocycles. The Labute approximate surface area is 184 Å². The van der Waals surface area contributed by atoms with Crippen LogP contribution in [0.3, 0.4) is 0 Å². The van der Waals surface area contributed by atoms with Gasteiger partial charge < -0.3 is 9.47 Å². The average Bonchev–Trinajstić information content (AvgIpc) is 3.04. The Balaban J connectivity index is 2.35. The van der Waals surface area contributed by atoms with Crippen molar-refractivity contribution >= 4 is 38.7 Å². The molecule has 0 spiro atoms. The van der Waals surface area contributed by atoms with Crippen LogP contribution >= 0.6 is 11.8 Å². The molecule has 166 valence electrons. The highest BCUT2D eigenvalue weighted by atomic mass is 32.2. The number of fused-ring (bicyclic) bond motifs is 1. The van der Waals surface area contributed by atoms with Crippen LogP contribution in [-0.2, 0) is 21.4 Å². The minimum Gasteiger partial charge on any atom is -0.338 e. The summed E-state index contributed by atoms with van der Waals surface area (Å²) in [6.07, 6.45) is 2.00. The topological polar surface area (TPSA) is 75.5 Å². The number of benzene rings is 1. The first kappa shape index (κ1) is 24.4. The molecule has 0 N–H and O–H groups in total. The zero-order valence-electron chi connectivity index (χ0n) is 18.5. The second-order valence-corrected chi connectivity index (χ2v) is 10.6. The van der Waals surface area contributed by atoms with Gasteiger partial charge in [0.2, 0.25) is 15.9 Å². The number of rotatable bonds is 11. The van der Waals surface area contributed by atoms with E-state index in [1.807, 2.05) is 13.8 Å². The van der Waals surface area contributed by atoms with E-state index in [0.29, 0.717) is 18.6 Å². The maximum atomic E-state index is 12.6. The number of carbonyl (C=O) groups excluding carboxylic acids is 1. The van der Waals surface area contributed by atoms with Gasteiger partial charge in [-0.15, -0.1) is 0 Å². The standard InChI is InChI=1S/C21H32N4O3S2/c1-7-9-12-25-19-11-10-17(30(27,28)23(5)6)13-18(19)22-21(25)29-15-20(26)24(8-2)14-16(3)4/h10-11,13H,3,7-9,12,14-15H2,1-2,4-6H3. The third kappa shape index (κ3) is 5.65. The van der Waals surface area contributed by atoms with Crippen molar-refractivity contribution in [3.8, 4) is 0 Å². The van der Waals surface area contributed by atoms with Crippen LogP contribution in [0.1, 0.15) is 33.6 Å². The van der Waals surface area contributed by atoms with Crippen molar-refractivity contribution in [3.63, 3.8) is 0 Å². The maximum absolute atomic E-state index is 12.6. The molecule has 0 atom stereocenters. The molecule has 0 aliphatic rings. The van der Waals surface area contributed by atoms with E-state index in [4.69, 9.17) is 0 Å². The van der Waals surface area contributed by atoms with E-state index >= 15 is 0 Å². The molecular formula is C21H32N4O3S2. The lowest BCUT2D eigenvalue weighted by atomic mass is 10.3. The summed E-state index contributed by atoms with van der Waals surface area (Å²) in [5, 5.41) is 0.734. The molecule has 0 bridgehead atoms. The van der Waals surface area contributed by atoms with Gasteiger partial charge in [-0.1, -0.05) is 37.3 Å². The zero-order valence-corrected chi connectivity index (χ0v) is 20.1. The molecule has 0 radical (unpaired) electrons. The number of carbonyl (C=O) groups is 1. The molecule has 9 heteroatoms. The number of likely N-dealkylation sites (N-methyl/N-ethyl adjacent to an activating group) is 1. The molecule has 2 aromatic rings. The van der Waals surface area contributed by atoms with E-state index in [-0.39, 0.29) is 16.6 Å². The van der Waals surface area contributed by atoms with Crippen LogP contribution in [-0.4, -0.2) is 66.0 Å². The number of unbranched alkanes of at least 4 members (excludes halogenated alkanes) is 1. The van der Waals surface area contributed by atoms with E-state index in [0.717, 1.165) is 35.6 Å². The molecular weight excluding hydrogens is 420 g/mol. The Bertz CT molecular complexity index is 1010. The summed E-state index contributed by atoms with van der Waals surface area (Å²) in [5.41, 5.74) is 2.45. The lowest BCUT2D eigenvalue weighted by molar-refractivity contribution is -0.127. The normalized spacial score (nSPS) is 11.9. The molecule has 7 nitrogen and oxygen atoms in total. The van der Waals surface area contributed by atoms with E-state index in [2.05, 4.69) is 23.1 Å². The molecule has 0 fully saturated rings. The van der Waals surface area contributed by atoms with Crippen molar-refractivity contribution in [1.82, 2.24) is 18.8 Å². The Hall–Kier alpha value is -1.84. The van der Waals surface area contributed by atoms with Gasteiger partial charge in [0.15, 0.2) is 5.16 Å². The fourth-order valence-corrected chi connectivity index (χ4v) is 4.89.